The highest BCUT2D eigenvalue weighted by Gasteiger charge is 2.19. The molecule has 122 valence electrons. The number of thioether (sulfide) groups is 1. The Morgan fingerprint density at radius 3 is 2.57 bits per heavy atom. The zero-order valence-electron chi connectivity index (χ0n) is 12.9. The Bertz CT molecular complexity index is 618. The molecule has 0 bridgehead atoms. The van der Waals surface area contributed by atoms with E-state index in [9.17, 15) is 14.9 Å². The van der Waals surface area contributed by atoms with Crippen LogP contribution in [0, 0.1) is 10.1 Å². The molecule has 0 aliphatic carbocycles. The van der Waals surface area contributed by atoms with Gasteiger partial charge in [-0.3, -0.25) is 24.8 Å². The van der Waals surface area contributed by atoms with Crippen LogP contribution < -0.4 is 5.32 Å². The molecule has 1 aliphatic rings. The third-order valence-corrected chi connectivity index (χ3v) is 4.61. The van der Waals surface area contributed by atoms with Gasteiger partial charge < -0.3 is 0 Å². The second-order valence-corrected chi connectivity index (χ2v) is 6.15. The highest BCUT2D eigenvalue weighted by molar-refractivity contribution is 8.14. The molecular formula is C16H20N3O3S+. The first-order chi connectivity index (χ1) is 11.1. The van der Waals surface area contributed by atoms with Crippen molar-refractivity contribution in [1.82, 2.24) is 5.32 Å². The van der Waals surface area contributed by atoms with E-state index in [-0.39, 0.29) is 11.5 Å². The van der Waals surface area contributed by atoms with Crippen LogP contribution in [0.15, 0.2) is 36.9 Å². The van der Waals surface area contributed by atoms with Crippen LogP contribution in [0.4, 0.5) is 5.69 Å². The van der Waals surface area contributed by atoms with Crippen molar-refractivity contribution < 1.29 is 14.3 Å². The number of nitro groups is 1. The first kappa shape index (κ1) is 17.2. The van der Waals surface area contributed by atoms with Crippen molar-refractivity contribution in [2.75, 3.05) is 25.4 Å². The fourth-order valence-corrected chi connectivity index (χ4v) is 3.31. The Hall–Kier alpha value is -2.15. The smallest absolute Gasteiger partial charge is 0.293 e. The molecule has 0 aromatic heterocycles. The summed E-state index contributed by atoms with van der Waals surface area (Å²) < 4.78 is 2.25. The molecule has 1 fully saturated rings. The van der Waals surface area contributed by atoms with E-state index in [2.05, 4.69) is 16.5 Å². The Balaban J connectivity index is 1.99. The number of hydrogen-bond acceptors (Lipinski definition) is 4. The van der Waals surface area contributed by atoms with E-state index in [0.717, 1.165) is 31.1 Å². The number of carbonyl (C=O) groups excluding carboxylic acids is 1. The van der Waals surface area contributed by atoms with Crippen molar-refractivity contribution in [3.05, 3.63) is 52.6 Å². The standard InChI is InChI=1S/C16H19N3O3S/c1-2-9-17-16(18-10-3-4-11-18)23-12-15(20)13-5-7-14(8-6-13)19(21)22/h2,5-8H,1,3-4,9-12H2/p+1. The van der Waals surface area contributed by atoms with Crippen LogP contribution in [-0.4, -0.2) is 45.8 Å². The summed E-state index contributed by atoms with van der Waals surface area (Å²) in [6, 6.07) is 5.74. The molecule has 0 spiro atoms. The lowest BCUT2D eigenvalue weighted by molar-refractivity contribution is -0.505. The quantitative estimate of drug-likeness (QED) is 0.216. The molecule has 0 atom stereocenters. The predicted octanol–water partition coefficient (Wildman–Crippen LogP) is 2.45. The Morgan fingerprint density at radius 1 is 1.35 bits per heavy atom. The van der Waals surface area contributed by atoms with Crippen LogP contribution in [0.25, 0.3) is 0 Å². The average Bonchev–Trinajstić information content (AvgIpc) is 3.09. The molecule has 1 heterocycles. The molecule has 0 amide bonds. The second kappa shape index (κ2) is 8.47. The summed E-state index contributed by atoms with van der Waals surface area (Å²) in [7, 11) is 0. The number of Topliss-reactive ketones (excluding diaryl/α,β-unsaturated/α-hetero) is 1. The monoisotopic (exact) mass is 334 g/mol. The first-order valence-electron chi connectivity index (χ1n) is 7.49. The lowest BCUT2D eigenvalue weighted by Crippen LogP contribution is -2.31. The van der Waals surface area contributed by atoms with Gasteiger partial charge in [0.2, 0.25) is 0 Å². The topological polar surface area (TPSA) is 75.2 Å². The number of nitrogens with zero attached hydrogens (tertiary/aromatic N) is 2. The number of amidine groups is 1. The van der Waals surface area contributed by atoms with Gasteiger partial charge in [0, 0.05) is 17.7 Å². The lowest BCUT2D eigenvalue weighted by atomic mass is 10.1. The predicted molar refractivity (Wildman–Crippen MR) is 92.3 cm³/mol. The number of ketones is 1. The molecule has 2 rings (SSSR count). The third-order valence-electron chi connectivity index (χ3n) is 3.53. The van der Waals surface area contributed by atoms with Crippen LogP contribution in [0.5, 0.6) is 0 Å². The van der Waals surface area contributed by atoms with Crippen molar-refractivity contribution in [1.29, 1.82) is 0 Å². The molecule has 6 nitrogen and oxygen atoms in total. The summed E-state index contributed by atoms with van der Waals surface area (Å²) in [5, 5.41) is 14.9. The number of benzene rings is 1. The van der Waals surface area contributed by atoms with Gasteiger partial charge in [0.05, 0.1) is 23.8 Å². The van der Waals surface area contributed by atoms with Crippen LogP contribution >= 0.6 is 11.8 Å². The van der Waals surface area contributed by atoms with Crippen molar-refractivity contribution in [2.45, 2.75) is 12.8 Å². The van der Waals surface area contributed by atoms with Gasteiger partial charge >= 0.3 is 5.17 Å². The van der Waals surface area contributed by atoms with Crippen LogP contribution in [0.2, 0.25) is 0 Å². The van der Waals surface area contributed by atoms with E-state index in [1.807, 2.05) is 0 Å². The van der Waals surface area contributed by atoms with E-state index >= 15 is 0 Å². The fraction of sp³-hybridized carbons (Fsp3) is 0.375. The molecule has 1 aromatic rings. The van der Waals surface area contributed by atoms with Crippen molar-refractivity contribution in [2.24, 2.45) is 0 Å². The first-order valence-corrected chi connectivity index (χ1v) is 8.47. The van der Waals surface area contributed by atoms with Gasteiger partial charge in [0.15, 0.2) is 5.78 Å². The van der Waals surface area contributed by atoms with Crippen LogP contribution in [0.1, 0.15) is 23.2 Å². The molecule has 1 aliphatic heterocycles. The SMILES string of the molecule is C=CCNC(SCC(=O)c1ccc([N+](=O)[O-])cc1)=[N+]1CCCC1. The second-order valence-electron chi connectivity index (χ2n) is 5.18. The van der Waals surface area contributed by atoms with Crippen LogP contribution in [0.3, 0.4) is 0 Å². The molecule has 0 saturated carbocycles. The Morgan fingerprint density at radius 2 is 2.00 bits per heavy atom. The summed E-state index contributed by atoms with van der Waals surface area (Å²) >= 11 is 1.47. The number of rotatable bonds is 6. The normalized spacial score (nSPS) is 13.7. The minimum atomic E-state index is -0.471. The summed E-state index contributed by atoms with van der Waals surface area (Å²) in [4.78, 5) is 22.4. The molecule has 0 radical (unpaired) electrons. The van der Waals surface area contributed by atoms with Crippen molar-refractivity contribution in [3.8, 4) is 0 Å². The number of non-ortho nitro benzene ring substituents is 1. The van der Waals surface area contributed by atoms with Gasteiger partial charge in [-0.15, -0.1) is 0 Å². The van der Waals surface area contributed by atoms with Gasteiger partial charge in [-0.1, -0.05) is 12.7 Å². The van der Waals surface area contributed by atoms with E-state index in [4.69, 9.17) is 0 Å². The van der Waals surface area contributed by atoms with Gasteiger partial charge in [-0.05, 0) is 36.7 Å². The maximum atomic E-state index is 12.2. The molecule has 23 heavy (non-hydrogen) atoms. The van der Waals surface area contributed by atoms with Gasteiger partial charge in [0.25, 0.3) is 5.69 Å². The number of hydrogen-bond donors (Lipinski definition) is 1. The minimum absolute atomic E-state index is 0.00818. The van der Waals surface area contributed by atoms with E-state index in [1.165, 1.54) is 36.0 Å². The summed E-state index contributed by atoms with van der Waals surface area (Å²) in [5.41, 5.74) is 0.485. The fourth-order valence-electron chi connectivity index (χ4n) is 2.32. The summed E-state index contributed by atoms with van der Waals surface area (Å²) in [6.07, 6.45) is 4.11. The zero-order chi connectivity index (χ0) is 16.7. The minimum Gasteiger partial charge on any atom is -0.293 e. The third kappa shape index (κ3) is 4.92. The lowest BCUT2D eigenvalue weighted by Gasteiger charge is -2.06. The molecule has 0 unspecified atom stereocenters. The van der Waals surface area contributed by atoms with Gasteiger partial charge in [0.1, 0.15) is 6.54 Å². The van der Waals surface area contributed by atoms with E-state index in [0.29, 0.717) is 17.9 Å². The molecule has 7 heteroatoms. The number of nitrogens with one attached hydrogen (secondary N) is 1. The van der Waals surface area contributed by atoms with Gasteiger partial charge in [-0.25, -0.2) is 0 Å². The molecule has 1 aromatic carbocycles. The highest BCUT2D eigenvalue weighted by atomic mass is 32.2. The van der Waals surface area contributed by atoms with E-state index in [1.54, 1.807) is 6.08 Å². The Kier molecular flexibility index (Phi) is 6.34. The Labute approximate surface area is 139 Å². The average molecular weight is 334 g/mol. The molecule has 1 saturated heterocycles. The highest BCUT2D eigenvalue weighted by Crippen LogP contribution is 2.15. The molecule has 1 N–H and O–H groups in total. The van der Waals surface area contributed by atoms with Crippen molar-refractivity contribution >= 4 is 28.4 Å². The zero-order valence-corrected chi connectivity index (χ0v) is 13.7. The van der Waals surface area contributed by atoms with Crippen molar-refractivity contribution in [3.63, 3.8) is 0 Å². The summed E-state index contributed by atoms with van der Waals surface area (Å²) in [6.45, 7) is 6.35. The summed E-state index contributed by atoms with van der Waals surface area (Å²) in [5.74, 6) is 0.260. The van der Waals surface area contributed by atoms with E-state index < -0.39 is 4.92 Å². The largest absolute Gasteiger partial charge is 0.306 e. The number of carbonyl (C=O) groups is 1. The number of nitro benzene ring substituents is 1. The van der Waals surface area contributed by atoms with Crippen LogP contribution in [-0.2, 0) is 0 Å². The molecular weight excluding hydrogens is 314 g/mol. The maximum absolute atomic E-state index is 12.2. The van der Waals surface area contributed by atoms with Gasteiger partial charge in [-0.2, -0.15) is 0 Å². The maximum Gasteiger partial charge on any atom is 0.306 e.